The van der Waals surface area contributed by atoms with Gasteiger partial charge in [-0.05, 0) is 29.7 Å². The Morgan fingerprint density at radius 2 is 2.00 bits per heavy atom. The molecule has 0 saturated carbocycles. The summed E-state index contributed by atoms with van der Waals surface area (Å²) in [6.45, 7) is 0. The third kappa shape index (κ3) is 1.61. The molecule has 1 unspecified atom stereocenters. The van der Waals surface area contributed by atoms with Gasteiger partial charge in [0, 0.05) is 12.3 Å². The number of hydrogen-bond acceptors (Lipinski definition) is 2. The van der Waals surface area contributed by atoms with Crippen molar-refractivity contribution in [2.45, 2.75) is 25.2 Å². The van der Waals surface area contributed by atoms with Crippen LogP contribution in [-0.4, -0.2) is 11.5 Å². The van der Waals surface area contributed by atoms with Crippen molar-refractivity contribution in [2.24, 2.45) is 0 Å². The van der Waals surface area contributed by atoms with Crippen molar-refractivity contribution < 1.29 is 4.79 Å². The summed E-state index contributed by atoms with van der Waals surface area (Å²) in [4.78, 5) is 13.0. The zero-order chi connectivity index (χ0) is 11.0. The van der Waals surface area contributed by atoms with Gasteiger partial charge in [0.25, 0.3) is 0 Å². The van der Waals surface area contributed by atoms with Gasteiger partial charge in [0.15, 0.2) is 5.78 Å². The first-order valence-electron chi connectivity index (χ1n) is 5.80. The average molecular weight is 230 g/mol. The molecule has 0 bridgehead atoms. The lowest BCUT2D eigenvalue weighted by Crippen LogP contribution is -2.01. The maximum absolute atomic E-state index is 11.9. The highest BCUT2D eigenvalue weighted by Crippen LogP contribution is 2.46. The summed E-state index contributed by atoms with van der Waals surface area (Å²) in [5.74, 6) is 1.86. The van der Waals surface area contributed by atoms with Crippen LogP contribution in [0.1, 0.15) is 30.7 Å². The first-order chi connectivity index (χ1) is 7.86. The normalized spacial score (nSPS) is 24.8. The zero-order valence-corrected chi connectivity index (χ0v) is 9.93. The molecule has 0 aromatic heterocycles. The summed E-state index contributed by atoms with van der Waals surface area (Å²) in [6, 6.07) is 10.5. The lowest BCUT2D eigenvalue weighted by molar-refractivity contribution is -0.114. The Labute approximate surface area is 99.9 Å². The van der Waals surface area contributed by atoms with E-state index in [4.69, 9.17) is 0 Å². The van der Waals surface area contributed by atoms with Crippen molar-refractivity contribution in [1.29, 1.82) is 0 Å². The van der Waals surface area contributed by atoms with Crippen LogP contribution < -0.4 is 0 Å². The van der Waals surface area contributed by atoms with Crippen LogP contribution in [0.3, 0.4) is 0 Å². The van der Waals surface area contributed by atoms with Gasteiger partial charge < -0.3 is 0 Å². The van der Waals surface area contributed by atoms with Crippen molar-refractivity contribution in [2.75, 3.05) is 5.75 Å². The third-order valence-corrected chi connectivity index (χ3v) is 4.67. The topological polar surface area (TPSA) is 17.1 Å². The van der Waals surface area contributed by atoms with Crippen LogP contribution in [-0.2, 0) is 4.79 Å². The number of rotatable bonds is 1. The van der Waals surface area contributed by atoms with E-state index in [-0.39, 0.29) is 0 Å². The highest BCUT2D eigenvalue weighted by Gasteiger charge is 2.34. The Morgan fingerprint density at radius 3 is 2.81 bits per heavy atom. The Balaban J connectivity index is 1.99. The molecule has 0 radical (unpaired) electrons. The highest BCUT2D eigenvalue weighted by atomic mass is 32.2. The van der Waals surface area contributed by atoms with Crippen molar-refractivity contribution >= 4 is 17.5 Å². The van der Waals surface area contributed by atoms with E-state index < -0.39 is 0 Å². The van der Waals surface area contributed by atoms with Gasteiger partial charge in [0.2, 0.25) is 0 Å². The maximum atomic E-state index is 11.9. The van der Waals surface area contributed by atoms with E-state index in [2.05, 4.69) is 24.3 Å². The maximum Gasteiger partial charge on any atom is 0.170 e. The quantitative estimate of drug-likeness (QED) is 0.734. The van der Waals surface area contributed by atoms with E-state index in [1.54, 1.807) is 11.8 Å². The summed E-state index contributed by atoms with van der Waals surface area (Å²) in [5.41, 5.74) is 2.72. The molecule has 0 amide bonds. The lowest BCUT2D eigenvalue weighted by atomic mass is 9.90. The molecule has 1 aliphatic heterocycles. The number of thioether (sulfide) groups is 1. The van der Waals surface area contributed by atoms with Crippen LogP contribution in [0.25, 0.3) is 0 Å². The van der Waals surface area contributed by atoms with E-state index in [1.165, 1.54) is 17.6 Å². The minimum atomic E-state index is 0.369. The summed E-state index contributed by atoms with van der Waals surface area (Å²) in [6.07, 6.45) is 3.04. The molecule has 1 aromatic carbocycles. The summed E-state index contributed by atoms with van der Waals surface area (Å²) < 4.78 is 0. The molecule has 0 spiro atoms. The molecule has 16 heavy (non-hydrogen) atoms. The van der Waals surface area contributed by atoms with Crippen LogP contribution in [0.5, 0.6) is 0 Å². The van der Waals surface area contributed by atoms with Crippen LogP contribution in [0.15, 0.2) is 40.8 Å². The SMILES string of the molecule is O=C1CC(c2ccccc2)C2=C1SCCC2. The molecule has 1 atom stereocenters. The van der Waals surface area contributed by atoms with Gasteiger partial charge in [-0.25, -0.2) is 0 Å². The van der Waals surface area contributed by atoms with Gasteiger partial charge in [-0.15, -0.1) is 11.8 Å². The molecule has 1 aliphatic carbocycles. The van der Waals surface area contributed by atoms with Crippen LogP contribution in [0.4, 0.5) is 0 Å². The minimum absolute atomic E-state index is 0.369. The monoisotopic (exact) mass is 230 g/mol. The number of allylic oxidation sites excluding steroid dienone is 2. The fraction of sp³-hybridized carbons (Fsp3) is 0.357. The highest BCUT2D eigenvalue weighted by molar-refractivity contribution is 8.04. The lowest BCUT2D eigenvalue weighted by Gasteiger charge is -2.18. The van der Waals surface area contributed by atoms with Gasteiger partial charge in [-0.3, -0.25) is 4.79 Å². The largest absolute Gasteiger partial charge is 0.294 e. The minimum Gasteiger partial charge on any atom is -0.294 e. The third-order valence-electron chi connectivity index (χ3n) is 3.39. The first kappa shape index (κ1) is 10.2. The number of ketones is 1. The standard InChI is InChI=1S/C14H14OS/c15-13-9-12(10-5-2-1-3-6-10)11-7-4-8-16-14(11)13/h1-3,5-6,12H,4,7-9H2. The fourth-order valence-corrected chi connectivity index (χ4v) is 3.81. The van der Waals surface area contributed by atoms with Crippen LogP contribution >= 0.6 is 11.8 Å². The summed E-state index contributed by atoms with van der Waals surface area (Å²) in [5, 5.41) is 0. The Morgan fingerprint density at radius 1 is 1.19 bits per heavy atom. The van der Waals surface area contributed by atoms with E-state index in [9.17, 15) is 4.79 Å². The molecule has 0 saturated heterocycles. The second kappa shape index (κ2) is 4.10. The van der Waals surface area contributed by atoms with Gasteiger partial charge in [0.05, 0.1) is 4.91 Å². The van der Waals surface area contributed by atoms with Crippen LogP contribution in [0, 0.1) is 0 Å². The second-order valence-electron chi connectivity index (χ2n) is 4.40. The van der Waals surface area contributed by atoms with Crippen molar-refractivity contribution in [3.63, 3.8) is 0 Å². The predicted molar refractivity (Wildman–Crippen MR) is 67.5 cm³/mol. The summed E-state index contributed by atoms with van der Waals surface area (Å²) >= 11 is 1.77. The van der Waals surface area contributed by atoms with Crippen LogP contribution in [0.2, 0.25) is 0 Å². The summed E-state index contributed by atoms with van der Waals surface area (Å²) in [7, 11) is 0. The molecule has 2 aliphatic rings. The van der Waals surface area contributed by atoms with Crippen molar-refractivity contribution in [3.05, 3.63) is 46.4 Å². The predicted octanol–water partition coefficient (Wildman–Crippen LogP) is 3.52. The number of carbonyl (C=O) groups excluding carboxylic acids is 1. The molecule has 0 N–H and O–H groups in total. The van der Waals surface area contributed by atoms with E-state index in [0.29, 0.717) is 18.1 Å². The molecule has 1 heterocycles. The molecular formula is C14H14OS. The number of benzene rings is 1. The first-order valence-corrected chi connectivity index (χ1v) is 6.79. The van der Waals surface area contributed by atoms with Gasteiger partial charge in [-0.2, -0.15) is 0 Å². The van der Waals surface area contributed by atoms with E-state index >= 15 is 0 Å². The van der Waals surface area contributed by atoms with Gasteiger partial charge in [0.1, 0.15) is 0 Å². The number of carbonyl (C=O) groups is 1. The van der Waals surface area contributed by atoms with E-state index in [1.807, 2.05) is 6.07 Å². The smallest absolute Gasteiger partial charge is 0.170 e. The molecule has 0 fully saturated rings. The molecule has 1 nitrogen and oxygen atoms in total. The van der Waals surface area contributed by atoms with Crippen molar-refractivity contribution in [1.82, 2.24) is 0 Å². The molecule has 2 heteroatoms. The Hall–Kier alpha value is -1.02. The molecule has 3 rings (SSSR count). The Kier molecular flexibility index (Phi) is 2.60. The van der Waals surface area contributed by atoms with E-state index in [0.717, 1.165) is 17.1 Å². The van der Waals surface area contributed by atoms with Crippen molar-refractivity contribution in [3.8, 4) is 0 Å². The number of hydrogen-bond donors (Lipinski definition) is 0. The molecule has 1 aromatic rings. The number of Topliss-reactive ketones (excluding diaryl/α,β-unsaturated/α-hetero) is 1. The van der Waals surface area contributed by atoms with Gasteiger partial charge in [-0.1, -0.05) is 30.3 Å². The van der Waals surface area contributed by atoms with Gasteiger partial charge >= 0.3 is 0 Å². The molecular weight excluding hydrogens is 216 g/mol. The zero-order valence-electron chi connectivity index (χ0n) is 9.11. The Bertz CT molecular complexity index is 447. The fourth-order valence-electron chi connectivity index (χ4n) is 2.64. The second-order valence-corrected chi connectivity index (χ2v) is 5.50. The molecule has 82 valence electrons. The average Bonchev–Trinajstić information content (AvgIpc) is 2.69.